The maximum atomic E-state index is 11.9. The summed E-state index contributed by atoms with van der Waals surface area (Å²) in [6, 6.07) is 4.31. The van der Waals surface area contributed by atoms with Gasteiger partial charge in [-0.25, -0.2) is 0 Å². The summed E-state index contributed by atoms with van der Waals surface area (Å²) < 4.78 is 5.40. The number of aryl methyl sites for hydroxylation is 1. The minimum Gasteiger partial charge on any atom is -0.508 e. The topological polar surface area (TPSA) is 70.7 Å². The predicted molar refractivity (Wildman–Crippen MR) is 64.3 cm³/mol. The highest BCUT2D eigenvalue weighted by molar-refractivity contribution is 5.82. The van der Waals surface area contributed by atoms with Crippen molar-refractivity contribution in [1.82, 2.24) is 0 Å². The van der Waals surface area contributed by atoms with Crippen LogP contribution in [0.3, 0.4) is 0 Å². The Morgan fingerprint density at radius 1 is 1.35 bits per heavy atom. The van der Waals surface area contributed by atoms with Gasteiger partial charge in [0.2, 0.25) is 0 Å². The number of hydrogen-bond donors (Lipinski definition) is 2. The summed E-state index contributed by atoms with van der Waals surface area (Å²) in [6.07, 6.45) is -0.278. The molecule has 0 fully saturated rings. The molecule has 0 spiro atoms. The molecular weight excluding hydrogens is 220 g/mol. The Kier molecular flexibility index (Phi) is 2.90. The fourth-order valence-corrected chi connectivity index (χ4v) is 1.96. The van der Waals surface area contributed by atoms with Gasteiger partial charge in [0.1, 0.15) is 17.1 Å². The van der Waals surface area contributed by atoms with E-state index in [1.54, 1.807) is 13.8 Å². The molecule has 0 saturated heterocycles. The van der Waals surface area contributed by atoms with Crippen LogP contribution in [0.25, 0.3) is 11.0 Å². The van der Waals surface area contributed by atoms with E-state index in [9.17, 15) is 15.0 Å². The van der Waals surface area contributed by atoms with Gasteiger partial charge in [-0.05, 0) is 31.9 Å². The van der Waals surface area contributed by atoms with E-state index < -0.39 is 6.10 Å². The van der Waals surface area contributed by atoms with Crippen LogP contribution in [0.2, 0.25) is 0 Å². The SMILES string of the molecule is Cc1cc(=O)c2c(CC(C)O)cc(O)cc2o1. The van der Waals surface area contributed by atoms with E-state index in [-0.39, 0.29) is 11.2 Å². The Bertz CT molecular complexity index is 605. The van der Waals surface area contributed by atoms with Gasteiger partial charge in [0, 0.05) is 12.1 Å². The number of benzene rings is 1. The molecule has 1 atom stereocenters. The largest absolute Gasteiger partial charge is 0.508 e. The Morgan fingerprint density at radius 2 is 2.06 bits per heavy atom. The number of aliphatic hydroxyl groups excluding tert-OH is 1. The minimum atomic E-state index is -0.583. The van der Waals surface area contributed by atoms with Crippen molar-refractivity contribution in [2.75, 3.05) is 0 Å². The molecule has 2 N–H and O–H groups in total. The highest BCUT2D eigenvalue weighted by Gasteiger charge is 2.11. The Balaban J connectivity index is 2.78. The van der Waals surface area contributed by atoms with E-state index in [4.69, 9.17) is 4.42 Å². The molecule has 0 aliphatic carbocycles. The van der Waals surface area contributed by atoms with Crippen LogP contribution < -0.4 is 5.43 Å². The number of phenolic OH excluding ortho intramolecular Hbond substituents is 1. The maximum absolute atomic E-state index is 11.9. The lowest BCUT2D eigenvalue weighted by molar-refractivity contribution is 0.196. The number of rotatable bonds is 2. The van der Waals surface area contributed by atoms with E-state index in [0.717, 1.165) is 0 Å². The number of phenols is 1. The molecule has 0 saturated carbocycles. The van der Waals surface area contributed by atoms with E-state index in [0.29, 0.717) is 28.7 Å². The van der Waals surface area contributed by atoms with Crippen molar-refractivity contribution in [3.63, 3.8) is 0 Å². The van der Waals surface area contributed by atoms with Crippen LogP contribution in [0.1, 0.15) is 18.2 Å². The molecule has 0 bridgehead atoms. The van der Waals surface area contributed by atoms with Crippen molar-refractivity contribution in [1.29, 1.82) is 0 Å². The Labute approximate surface area is 98.1 Å². The van der Waals surface area contributed by atoms with Crippen molar-refractivity contribution in [3.8, 4) is 5.75 Å². The van der Waals surface area contributed by atoms with Crippen LogP contribution in [0.5, 0.6) is 5.75 Å². The molecule has 1 aromatic carbocycles. The number of aliphatic hydroxyl groups is 1. The molecule has 2 aromatic rings. The smallest absolute Gasteiger partial charge is 0.193 e. The van der Waals surface area contributed by atoms with Gasteiger partial charge < -0.3 is 14.6 Å². The quantitative estimate of drug-likeness (QED) is 0.830. The predicted octanol–water partition coefficient (Wildman–Crippen LogP) is 1.73. The average Bonchev–Trinajstić information content (AvgIpc) is 2.13. The van der Waals surface area contributed by atoms with E-state index in [1.807, 2.05) is 0 Å². The molecule has 90 valence electrons. The lowest BCUT2D eigenvalue weighted by Gasteiger charge is -2.08. The zero-order valence-corrected chi connectivity index (χ0v) is 9.73. The second kappa shape index (κ2) is 4.22. The second-order valence-corrected chi connectivity index (χ2v) is 4.25. The van der Waals surface area contributed by atoms with E-state index >= 15 is 0 Å². The highest BCUT2D eigenvalue weighted by Crippen LogP contribution is 2.24. The first-order valence-electron chi connectivity index (χ1n) is 5.42. The molecule has 4 heteroatoms. The summed E-state index contributed by atoms with van der Waals surface area (Å²) in [5.74, 6) is 0.526. The molecule has 1 unspecified atom stereocenters. The van der Waals surface area contributed by atoms with Crippen LogP contribution in [0, 0.1) is 6.92 Å². The highest BCUT2D eigenvalue weighted by atomic mass is 16.3. The molecule has 4 nitrogen and oxygen atoms in total. The van der Waals surface area contributed by atoms with Crippen molar-refractivity contribution in [2.24, 2.45) is 0 Å². The first kappa shape index (κ1) is 11.7. The van der Waals surface area contributed by atoms with E-state index in [1.165, 1.54) is 18.2 Å². The second-order valence-electron chi connectivity index (χ2n) is 4.25. The fourth-order valence-electron chi connectivity index (χ4n) is 1.96. The van der Waals surface area contributed by atoms with Crippen LogP contribution >= 0.6 is 0 Å². The molecule has 2 rings (SSSR count). The summed E-state index contributed by atoms with van der Waals surface area (Å²) in [5, 5.41) is 19.4. The van der Waals surface area contributed by atoms with Gasteiger partial charge in [0.25, 0.3) is 0 Å². The molecular formula is C13H14O4. The first-order valence-corrected chi connectivity index (χ1v) is 5.42. The summed E-state index contributed by atoms with van der Waals surface area (Å²) in [6.45, 7) is 3.31. The molecule has 0 radical (unpaired) electrons. The molecule has 1 heterocycles. The number of hydrogen-bond acceptors (Lipinski definition) is 4. The third-order valence-electron chi connectivity index (χ3n) is 2.54. The number of fused-ring (bicyclic) bond motifs is 1. The average molecular weight is 234 g/mol. The van der Waals surface area contributed by atoms with Crippen LogP contribution in [0.15, 0.2) is 27.4 Å². The van der Waals surface area contributed by atoms with Crippen molar-refractivity contribution in [2.45, 2.75) is 26.4 Å². The van der Waals surface area contributed by atoms with Crippen LogP contribution in [0.4, 0.5) is 0 Å². The van der Waals surface area contributed by atoms with Gasteiger partial charge in [0.05, 0.1) is 11.5 Å². The van der Waals surface area contributed by atoms with Gasteiger partial charge in [-0.2, -0.15) is 0 Å². The summed E-state index contributed by atoms with van der Waals surface area (Å²) in [7, 11) is 0. The number of aromatic hydroxyl groups is 1. The third kappa shape index (κ3) is 2.31. The monoisotopic (exact) mass is 234 g/mol. The van der Waals surface area contributed by atoms with Crippen molar-refractivity contribution in [3.05, 3.63) is 39.7 Å². The van der Waals surface area contributed by atoms with E-state index in [2.05, 4.69) is 0 Å². The molecule has 1 aromatic heterocycles. The Hall–Kier alpha value is -1.81. The first-order chi connectivity index (χ1) is 7.97. The summed E-state index contributed by atoms with van der Waals surface area (Å²) in [5.41, 5.74) is 0.800. The lowest BCUT2D eigenvalue weighted by atomic mass is 10.0. The normalized spacial score (nSPS) is 12.9. The van der Waals surface area contributed by atoms with Crippen LogP contribution in [-0.2, 0) is 6.42 Å². The summed E-state index contributed by atoms with van der Waals surface area (Å²) in [4.78, 5) is 11.9. The maximum Gasteiger partial charge on any atom is 0.193 e. The van der Waals surface area contributed by atoms with Crippen LogP contribution in [-0.4, -0.2) is 16.3 Å². The molecule has 0 aliphatic heterocycles. The molecule has 0 amide bonds. The van der Waals surface area contributed by atoms with Gasteiger partial charge >= 0.3 is 0 Å². The lowest BCUT2D eigenvalue weighted by Crippen LogP contribution is -2.09. The Morgan fingerprint density at radius 3 is 2.71 bits per heavy atom. The van der Waals surface area contributed by atoms with Gasteiger partial charge in [0.15, 0.2) is 5.43 Å². The molecule has 17 heavy (non-hydrogen) atoms. The third-order valence-corrected chi connectivity index (χ3v) is 2.54. The van der Waals surface area contributed by atoms with Crippen molar-refractivity contribution >= 4 is 11.0 Å². The minimum absolute atomic E-state index is 0.0295. The standard InChI is InChI=1S/C13H14O4/c1-7(14)3-9-5-10(15)6-12-13(9)11(16)4-8(2)17-12/h4-7,14-15H,3H2,1-2H3. The summed E-state index contributed by atoms with van der Waals surface area (Å²) >= 11 is 0. The fraction of sp³-hybridized carbons (Fsp3) is 0.308. The van der Waals surface area contributed by atoms with Gasteiger partial charge in [-0.3, -0.25) is 4.79 Å². The van der Waals surface area contributed by atoms with Gasteiger partial charge in [-0.1, -0.05) is 0 Å². The molecule has 0 aliphatic rings. The van der Waals surface area contributed by atoms with Gasteiger partial charge in [-0.15, -0.1) is 0 Å². The zero-order valence-electron chi connectivity index (χ0n) is 9.73. The van der Waals surface area contributed by atoms with Crippen molar-refractivity contribution < 1.29 is 14.6 Å². The zero-order chi connectivity index (χ0) is 12.6.